The Balaban J connectivity index is 3.09. The van der Waals surface area contributed by atoms with Crippen molar-refractivity contribution in [3.05, 3.63) is 20.8 Å². The first-order chi connectivity index (χ1) is 7.88. The van der Waals surface area contributed by atoms with Crippen LogP contribution in [-0.2, 0) is 14.1 Å². The Kier molecular flexibility index (Phi) is 4.06. The second-order valence-corrected chi connectivity index (χ2v) is 4.26. The summed E-state index contributed by atoms with van der Waals surface area (Å²) in [5.74, 6) is 0.376. The molecule has 0 aliphatic rings. The van der Waals surface area contributed by atoms with Crippen molar-refractivity contribution in [1.82, 2.24) is 14.3 Å². The van der Waals surface area contributed by atoms with Gasteiger partial charge in [-0.2, -0.15) is 0 Å². The Morgan fingerprint density at radius 1 is 1.35 bits per heavy atom. The van der Waals surface area contributed by atoms with Gasteiger partial charge < -0.3 is 11.1 Å². The molecule has 1 aromatic rings. The molecule has 0 bridgehead atoms. The van der Waals surface area contributed by atoms with Crippen molar-refractivity contribution in [1.29, 1.82) is 0 Å². The van der Waals surface area contributed by atoms with Crippen molar-refractivity contribution in [3.8, 4) is 0 Å². The maximum absolute atomic E-state index is 11.8. The minimum Gasteiger partial charge on any atom is -0.361 e. The fraction of sp³-hybridized carbons (Fsp3) is 0.700. The van der Waals surface area contributed by atoms with E-state index >= 15 is 0 Å². The predicted molar refractivity (Wildman–Crippen MR) is 66.0 cm³/mol. The Morgan fingerprint density at radius 3 is 2.47 bits per heavy atom. The summed E-state index contributed by atoms with van der Waals surface area (Å²) < 4.78 is 2.15. The lowest BCUT2D eigenvalue weighted by Crippen LogP contribution is -2.42. The fourth-order valence-corrected chi connectivity index (χ4v) is 1.35. The Hall–Kier alpha value is -1.63. The van der Waals surface area contributed by atoms with Gasteiger partial charge in [-0.05, 0) is 19.4 Å². The van der Waals surface area contributed by atoms with E-state index in [-0.39, 0.29) is 17.8 Å². The second-order valence-electron chi connectivity index (χ2n) is 4.26. The van der Waals surface area contributed by atoms with Crippen LogP contribution in [0.2, 0.25) is 0 Å². The van der Waals surface area contributed by atoms with Crippen molar-refractivity contribution in [2.75, 3.05) is 11.9 Å². The highest BCUT2D eigenvalue weighted by Crippen LogP contribution is 2.04. The molecule has 0 aliphatic heterocycles. The van der Waals surface area contributed by atoms with Crippen LogP contribution in [0, 0.1) is 5.92 Å². The molecule has 1 aromatic heterocycles. The lowest BCUT2D eigenvalue weighted by atomic mass is 10.0. The van der Waals surface area contributed by atoms with Crippen LogP contribution in [-0.4, -0.2) is 26.9 Å². The molecule has 0 radical (unpaired) electrons. The molecule has 0 spiro atoms. The van der Waals surface area contributed by atoms with Crippen LogP contribution < -0.4 is 22.3 Å². The van der Waals surface area contributed by atoms with Gasteiger partial charge in [-0.25, -0.2) is 9.48 Å². The summed E-state index contributed by atoms with van der Waals surface area (Å²) in [7, 11) is 2.93. The molecule has 1 rings (SSSR count). The molecule has 0 fully saturated rings. The average molecular weight is 241 g/mol. The van der Waals surface area contributed by atoms with E-state index in [0.29, 0.717) is 6.54 Å². The van der Waals surface area contributed by atoms with E-state index in [1.54, 1.807) is 0 Å². The number of rotatable bonds is 4. The second kappa shape index (κ2) is 5.13. The van der Waals surface area contributed by atoms with Crippen LogP contribution in [0.5, 0.6) is 0 Å². The Labute approximate surface area is 99.2 Å². The number of nitrogens with zero attached hydrogens (tertiary/aromatic N) is 3. The monoisotopic (exact) mass is 241 g/mol. The smallest absolute Gasteiger partial charge is 0.346 e. The minimum absolute atomic E-state index is 0.0118. The first-order valence-corrected chi connectivity index (χ1v) is 5.49. The lowest BCUT2D eigenvalue weighted by molar-refractivity contribution is 0.512. The van der Waals surface area contributed by atoms with Gasteiger partial charge in [-0.1, -0.05) is 6.92 Å². The van der Waals surface area contributed by atoms with Crippen molar-refractivity contribution in [2.45, 2.75) is 19.9 Å². The summed E-state index contributed by atoms with van der Waals surface area (Å²) >= 11 is 0. The van der Waals surface area contributed by atoms with Crippen molar-refractivity contribution in [2.24, 2.45) is 25.7 Å². The number of nitrogens with two attached hydrogens (primary N) is 1. The SMILES string of the molecule is CC(CN)C(C)Nc1nn(C)c(=O)n(C)c1=O. The zero-order chi connectivity index (χ0) is 13.2. The number of nitrogens with one attached hydrogen (secondary N) is 1. The summed E-state index contributed by atoms with van der Waals surface area (Å²) in [5, 5.41) is 6.89. The van der Waals surface area contributed by atoms with E-state index < -0.39 is 11.2 Å². The van der Waals surface area contributed by atoms with Crippen molar-refractivity contribution < 1.29 is 0 Å². The highest BCUT2D eigenvalue weighted by atomic mass is 16.2. The summed E-state index contributed by atoms with van der Waals surface area (Å²) in [6, 6.07) is 0.0118. The Bertz CT molecular complexity index is 504. The Morgan fingerprint density at radius 2 is 1.94 bits per heavy atom. The number of aromatic nitrogens is 3. The minimum atomic E-state index is -0.444. The van der Waals surface area contributed by atoms with E-state index in [4.69, 9.17) is 5.73 Å². The molecular weight excluding hydrogens is 222 g/mol. The molecule has 1 heterocycles. The van der Waals surface area contributed by atoms with Crippen LogP contribution in [0.4, 0.5) is 5.82 Å². The van der Waals surface area contributed by atoms with Crippen LogP contribution in [0.15, 0.2) is 9.59 Å². The zero-order valence-corrected chi connectivity index (χ0v) is 10.6. The molecule has 2 atom stereocenters. The maximum Gasteiger partial charge on any atom is 0.346 e. The molecule has 0 saturated carbocycles. The molecule has 0 aliphatic carbocycles. The van der Waals surface area contributed by atoms with E-state index in [0.717, 1.165) is 9.25 Å². The summed E-state index contributed by atoms with van der Waals surface area (Å²) in [4.78, 5) is 23.2. The third-order valence-corrected chi connectivity index (χ3v) is 2.91. The normalized spacial score (nSPS) is 14.4. The maximum atomic E-state index is 11.8. The molecule has 2 unspecified atom stereocenters. The van der Waals surface area contributed by atoms with Gasteiger partial charge in [0.15, 0.2) is 0 Å². The van der Waals surface area contributed by atoms with E-state index in [1.165, 1.54) is 14.1 Å². The molecular formula is C10H19N5O2. The van der Waals surface area contributed by atoms with Gasteiger partial charge in [0.05, 0.1) is 0 Å². The van der Waals surface area contributed by atoms with Crippen LogP contribution in [0.3, 0.4) is 0 Å². The predicted octanol–water partition coefficient (Wildman–Crippen LogP) is -1.13. The standard InChI is InChI=1S/C10H19N5O2/c1-6(5-11)7(2)12-8-9(16)14(3)10(17)15(4)13-8/h6-7H,5,11H2,1-4H3,(H,12,13). The molecule has 7 heteroatoms. The van der Waals surface area contributed by atoms with E-state index in [1.807, 2.05) is 13.8 Å². The highest BCUT2D eigenvalue weighted by molar-refractivity contribution is 5.31. The lowest BCUT2D eigenvalue weighted by Gasteiger charge is -2.20. The number of hydrogen-bond donors (Lipinski definition) is 2. The van der Waals surface area contributed by atoms with Crippen LogP contribution in [0.1, 0.15) is 13.8 Å². The zero-order valence-electron chi connectivity index (χ0n) is 10.6. The molecule has 7 nitrogen and oxygen atoms in total. The summed E-state index contributed by atoms with van der Waals surface area (Å²) in [5.41, 5.74) is 4.68. The first kappa shape index (κ1) is 13.4. The van der Waals surface area contributed by atoms with Gasteiger partial charge in [0.2, 0.25) is 5.82 Å². The largest absolute Gasteiger partial charge is 0.361 e. The molecule has 0 amide bonds. The fourth-order valence-electron chi connectivity index (χ4n) is 1.35. The van der Waals surface area contributed by atoms with Gasteiger partial charge in [-0.3, -0.25) is 9.36 Å². The first-order valence-electron chi connectivity index (χ1n) is 5.49. The van der Waals surface area contributed by atoms with Crippen LogP contribution >= 0.6 is 0 Å². The van der Waals surface area contributed by atoms with Gasteiger partial charge in [0.25, 0.3) is 5.56 Å². The third-order valence-electron chi connectivity index (χ3n) is 2.91. The molecule has 0 saturated heterocycles. The number of aryl methyl sites for hydroxylation is 1. The van der Waals surface area contributed by atoms with Gasteiger partial charge in [0, 0.05) is 20.1 Å². The topological polar surface area (TPSA) is 94.9 Å². The van der Waals surface area contributed by atoms with Gasteiger partial charge >= 0.3 is 5.69 Å². The average Bonchev–Trinajstić information content (AvgIpc) is 2.32. The molecule has 3 N–H and O–H groups in total. The summed E-state index contributed by atoms with van der Waals surface area (Å²) in [6.45, 7) is 4.41. The quantitative estimate of drug-likeness (QED) is 0.696. The molecule has 96 valence electrons. The van der Waals surface area contributed by atoms with E-state index in [2.05, 4.69) is 10.4 Å². The van der Waals surface area contributed by atoms with E-state index in [9.17, 15) is 9.59 Å². The number of hydrogen-bond acceptors (Lipinski definition) is 5. The highest BCUT2D eigenvalue weighted by Gasteiger charge is 2.14. The third kappa shape index (κ3) is 2.73. The van der Waals surface area contributed by atoms with Gasteiger partial charge in [0.1, 0.15) is 0 Å². The van der Waals surface area contributed by atoms with Gasteiger partial charge in [-0.15, -0.1) is 5.10 Å². The number of anilines is 1. The molecule has 0 aromatic carbocycles. The van der Waals surface area contributed by atoms with Crippen LogP contribution in [0.25, 0.3) is 0 Å². The van der Waals surface area contributed by atoms with Crippen molar-refractivity contribution in [3.63, 3.8) is 0 Å². The van der Waals surface area contributed by atoms with Crippen molar-refractivity contribution >= 4 is 5.82 Å². The molecule has 17 heavy (non-hydrogen) atoms. The summed E-state index contributed by atoms with van der Waals surface area (Å²) in [6.07, 6.45) is 0.